The SMILES string of the molecule is CC(C(=O)NCC(F)(F)F)N(C)Cc1ccccc1OC(F)(F)F. The molecule has 4 nitrogen and oxygen atoms in total. The summed E-state index contributed by atoms with van der Waals surface area (Å²) in [6, 6.07) is 4.35. The predicted octanol–water partition coefficient (Wildman–Crippen LogP) is 3.08. The van der Waals surface area contributed by atoms with E-state index >= 15 is 0 Å². The van der Waals surface area contributed by atoms with Crippen molar-refractivity contribution in [3.8, 4) is 5.75 Å². The Kier molecular flexibility index (Phi) is 6.47. The fraction of sp³-hybridized carbons (Fsp3) is 0.500. The van der Waals surface area contributed by atoms with Crippen LogP contribution in [-0.2, 0) is 11.3 Å². The van der Waals surface area contributed by atoms with Gasteiger partial charge >= 0.3 is 12.5 Å². The predicted molar refractivity (Wildman–Crippen MR) is 73.1 cm³/mol. The first kappa shape index (κ1) is 20.1. The molecular weight excluding hydrogens is 342 g/mol. The van der Waals surface area contributed by atoms with Crippen LogP contribution in [0.5, 0.6) is 5.75 Å². The minimum absolute atomic E-state index is 0.118. The van der Waals surface area contributed by atoms with Crippen LogP contribution in [-0.4, -0.2) is 43.0 Å². The van der Waals surface area contributed by atoms with Gasteiger partial charge in [-0.15, -0.1) is 13.2 Å². The fourth-order valence-electron chi connectivity index (χ4n) is 1.80. The average Bonchev–Trinajstić information content (AvgIpc) is 2.43. The Morgan fingerprint density at radius 3 is 2.33 bits per heavy atom. The number of carbonyl (C=O) groups is 1. The van der Waals surface area contributed by atoms with E-state index in [0.717, 1.165) is 6.07 Å². The molecule has 0 aromatic heterocycles. The number of hydrogen-bond acceptors (Lipinski definition) is 3. The Morgan fingerprint density at radius 2 is 1.79 bits per heavy atom. The zero-order valence-electron chi connectivity index (χ0n) is 12.8. The third-order valence-corrected chi connectivity index (χ3v) is 3.12. The number of nitrogens with one attached hydrogen (secondary N) is 1. The third kappa shape index (κ3) is 7.07. The van der Waals surface area contributed by atoms with E-state index in [2.05, 4.69) is 4.74 Å². The third-order valence-electron chi connectivity index (χ3n) is 3.12. The Hall–Kier alpha value is -1.97. The molecule has 1 unspecified atom stereocenters. The molecule has 0 fully saturated rings. The minimum atomic E-state index is -4.87. The first-order chi connectivity index (χ1) is 10.9. The van der Waals surface area contributed by atoms with E-state index in [1.807, 2.05) is 0 Å². The number of carbonyl (C=O) groups excluding carboxylic acids is 1. The molecule has 0 saturated heterocycles. The standard InChI is InChI=1S/C14H16F6N2O2/c1-9(12(23)21-8-13(15,16)17)22(2)7-10-5-3-4-6-11(10)24-14(18,19)20/h3-6,9H,7-8H2,1-2H3,(H,21,23). The number of amides is 1. The molecule has 1 rings (SSSR count). The number of ether oxygens (including phenoxy) is 1. The Morgan fingerprint density at radius 1 is 1.21 bits per heavy atom. The molecule has 1 N–H and O–H groups in total. The largest absolute Gasteiger partial charge is 0.573 e. The van der Waals surface area contributed by atoms with Gasteiger partial charge in [0.05, 0.1) is 6.04 Å². The Balaban J connectivity index is 2.73. The molecule has 1 atom stereocenters. The van der Waals surface area contributed by atoms with Crippen molar-refractivity contribution in [2.45, 2.75) is 32.0 Å². The second-order valence-corrected chi connectivity index (χ2v) is 5.08. The maximum atomic E-state index is 12.4. The van der Waals surface area contributed by atoms with Crippen molar-refractivity contribution in [3.63, 3.8) is 0 Å². The molecule has 0 aliphatic heterocycles. The van der Waals surface area contributed by atoms with E-state index in [9.17, 15) is 31.1 Å². The van der Waals surface area contributed by atoms with Gasteiger partial charge in [0.25, 0.3) is 0 Å². The normalized spacial score (nSPS) is 13.7. The van der Waals surface area contributed by atoms with Gasteiger partial charge in [-0.1, -0.05) is 18.2 Å². The van der Waals surface area contributed by atoms with Crippen molar-refractivity contribution in [2.75, 3.05) is 13.6 Å². The van der Waals surface area contributed by atoms with Gasteiger partial charge in [-0.25, -0.2) is 0 Å². The second kappa shape index (κ2) is 7.73. The van der Waals surface area contributed by atoms with Crippen LogP contribution in [0.25, 0.3) is 0 Å². The van der Waals surface area contributed by atoms with Crippen LogP contribution >= 0.6 is 0 Å². The van der Waals surface area contributed by atoms with Crippen LogP contribution in [0.3, 0.4) is 0 Å². The summed E-state index contributed by atoms with van der Waals surface area (Å²) in [6.07, 6.45) is -9.41. The lowest BCUT2D eigenvalue weighted by Gasteiger charge is -2.25. The molecule has 0 saturated carbocycles. The zero-order valence-corrected chi connectivity index (χ0v) is 12.8. The molecule has 24 heavy (non-hydrogen) atoms. The van der Waals surface area contributed by atoms with Gasteiger partial charge in [-0.2, -0.15) is 13.2 Å². The number of alkyl halides is 6. The van der Waals surface area contributed by atoms with E-state index in [1.54, 1.807) is 5.32 Å². The summed E-state index contributed by atoms with van der Waals surface area (Å²) in [7, 11) is 1.40. The van der Waals surface area contributed by atoms with Crippen LogP contribution in [0.2, 0.25) is 0 Å². The van der Waals surface area contributed by atoms with E-state index in [0.29, 0.717) is 0 Å². The van der Waals surface area contributed by atoms with Crippen molar-refractivity contribution >= 4 is 5.91 Å². The molecule has 1 amide bonds. The molecule has 1 aromatic carbocycles. The number of likely N-dealkylation sites (N-methyl/N-ethyl adjacent to an activating group) is 1. The molecule has 0 aliphatic carbocycles. The van der Waals surface area contributed by atoms with Gasteiger partial charge in [0.1, 0.15) is 12.3 Å². The molecule has 0 aliphatic rings. The highest BCUT2D eigenvalue weighted by molar-refractivity contribution is 5.81. The van der Waals surface area contributed by atoms with Gasteiger partial charge in [0.15, 0.2) is 0 Å². The van der Waals surface area contributed by atoms with Crippen molar-refractivity contribution < 1.29 is 35.9 Å². The molecule has 0 heterocycles. The summed E-state index contributed by atoms with van der Waals surface area (Å²) in [5.74, 6) is -1.32. The van der Waals surface area contributed by atoms with Gasteiger partial charge in [-0.05, 0) is 20.0 Å². The molecular formula is C14H16F6N2O2. The van der Waals surface area contributed by atoms with Crippen LogP contribution in [0.15, 0.2) is 24.3 Å². The number of para-hydroxylation sites is 1. The molecule has 0 radical (unpaired) electrons. The van der Waals surface area contributed by atoms with Gasteiger partial charge in [-0.3, -0.25) is 9.69 Å². The highest BCUT2D eigenvalue weighted by Crippen LogP contribution is 2.27. The van der Waals surface area contributed by atoms with Crippen molar-refractivity contribution in [3.05, 3.63) is 29.8 Å². The van der Waals surface area contributed by atoms with Crippen molar-refractivity contribution in [1.29, 1.82) is 0 Å². The number of halogens is 6. The summed E-state index contributed by atoms with van der Waals surface area (Å²) in [6.45, 7) is -0.246. The lowest BCUT2D eigenvalue weighted by Crippen LogP contribution is -2.45. The molecule has 1 aromatic rings. The van der Waals surface area contributed by atoms with E-state index < -0.39 is 36.8 Å². The van der Waals surface area contributed by atoms with E-state index in [4.69, 9.17) is 0 Å². The number of nitrogens with zero attached hydrogens (tertiary/aromatic N) is 1. The summed E-state index contributed by atoms with van der Waals surface area (Å²) >= 11 is 0. The number of rotatable bonds is 6. The monoisotopic (exact) mass is 358 g/mol. The second-order valence-electron chi connectivity index (χ2n) is 5.08. The molecule has 10 heteroatoms. The zero-order chi connectivity index (χ0) is 18.5. The lowest BCUT2D eigenvalue weighted by atomic mass is 10.1. The van der Waals surface area contributed by atoms with E-state index in [-0.39, 0.29) is 12.1 Å². The Bertz CT molecular complexity index is 559. The summed E-state index contributed by atoms with van der Waals surface area (Å²) in [5, 5.41) is 1.73. The quantitative estimate of drug-likeness (QED) is 0.795. The average molecular weight is 358 g/mol. The maximum Gasteiger partial charge on any atom is 0.573 e. The van der Waals surface area contributed by atoms with Crippen LogP contribution in [0.1, 0.15) is 12.5 Å². The number of benzene rings is 1. The van der Waals surface area contributed by atoms with Crippen LogP contribution in [0.4, 0.5) is 26.3 Å². The van der Waals surface area contributed by atoms with Gasteiger partial charge in [0.2, 0.25) is 5.91 Å². The maximum absolute atomic E-state index is 12.4. The lowest BCUT2D eigenvalue weighted by molar-refractivity contribution is -0.275. The molecule has 136 valence electrons. The van der Waals surface area contributed by atoms with Crippen LogP contribution in [0, 0.1) is 0 Å². The van der Waals surface area contributed by atoms with Gasteiger partial charge in [0, 0.05) is 12.1 Å². The highest BCUT2D eigenvalue weighted by Gasteiger charge is 2.32. The molecule has 0 bridgehead atoms. The van der Waals surface area contributed by atoms with Crippen molar-refractivity contribution in [1.82, 2.24) is 10.2 Å². The topological polar surface area (TPSA) is 41.6 Å². The highest BCUT2D eigenvalue weighted by atomic mass is 19.4. The first-order valence-electron chi connectivity index (χ1n) is 6.77. The van der Waals surface area contributed by atoms with Crippen LogP contribution < -0.4 is 10.1 Å². The minimum Gasteiger partial charge on any atom is -0.405 e. The van der Waals surface area contributed by atoms with Crippen molar-refractivity contribution in [2.24, 2.45) is 0 Å². The first-order valence-corrected chi connectivity index (χ1v) is 6.77. The van der Waals surface area contributed by atoms with E-state index in [1.165, 1.54) is 37.1 Å². The summed E-state index contributed by atoms with van der Waals surface area (Å²) in [5.41, 5.74) is 0.146. The van der Waals surface area contributed by atoms with Gasteiger partial charge < -0.3 is 10.1 Å². The number of hydrogen-bond donors (Lipinski definition) is 1. The molecule has 0 spiro atoms. The Labute approximate surface area is 134 Å². The fourth-order valence-corrected chi connectivity index (χ4v) is 1.80. The summed E-state index contributed by atoms with van der Waals surface area (Å²) < 4.78 is 77.2. The smallest absolute Gasteiger partial charge is 0.405 e. The summed E-state index contributed by atoms with van der Waals surface area (Å²) in [4.78, 5) is 13.0.